The summed E-state index contributed by atoms with van der Waals surface area (Å²) >= 11 is 0. The number of benzene rings is 4. The van der Waals surface area contributed by atoms with Gasteiger partial charge in [0.25, 0.3) is 11.8 Å². The number of fused-ring (bicyclic) bond motifs is 2. The Morgan fingerprint density at radius 2 is 1.60 bits per heavy atom. The van der Waals surface area contributed by atoms with Gasteiger partial charge in [0.15, 0.2) is 0 Å². The Kier molecular flexibility index (Phi) is 10.3. The molecule has 2 fully saturated rings. The molecule has 53 heavy (non-hydrogen) atoms. The summed E-state index contributed by atoms with van der Waals surface area (Å²) < 4.78 is 75.2. The van der Waals surface area contributed by atoms with Crippen LogP contribution in [0.2, 0.25) is 0 Å². The van der Waals surface area contributed by atoms with Crippen LogP contribution in [0.25, 0.3) is 17.2 Å². The summed E-state index contributed by atoms with van der Waals surface area (Å²) in [5.74, 6) is -7.16. The van der Waals surface area contributed by atoms with Crippen molar-refractivity contribution in [3.8, 4) is 16.9 Å². The number of carboxylic acids is 1. The number of hydrogen-bond acceptors (Lipinski definition) is 5. The Hall–Kier alpha value is -6.05. The minimum atomic E-state index is -4.99. The average molecular weight is 734 g/mol. The molecule has 4 atom stereocenters. The van der Waals surface area contributed by atoms with Crippen LogP contribution in [0.4, 0.5) is 27.6 Å². The summed E-state index contributed by atoms with van der Waals surface area (Å²) in [5, 5.41) is 16.4. The summed E-state index contributed by atoms with van der Waals surface area (Å²) in [4.78, 5) is 51.1. The van der Waals surface area contributed by atoms with E-state index in [2.05, 4.69) is 16.0 Å². The molecule has 2 saturated carbocycles. The summed E-state index contributed by atoms with van der Waals surface area (Å²) in [6.07, 6.45) is -1.85. The average Bonchev–Trinajstić information content (AvgIpc) is 3.65. The molecular formula is C39H32F5N3O6. The smallest absolute Gasteiger partial charge is 0.419 e. The number of hydrogen-bond donors (Lipinski definition) is 4. The summed E-state index contributed by atoms with van der Waals surface area (Å²) in [6, 6.07) is 18.6. The minimum absolute atomic E-state index is 0.00319. The number of rotatable bonds is 10. The van der Waals surface area contributed by atoms with Gasteiger partial charge >= 0.3 is 12.1 Å². The summed E-state index contributed by atoms with van der Waals surface area (Å²) in [6.45, 7) is -0.654. The van der Waals surface area contributed by atoms with Gasteiger partial charge in [-0.1, -0.05) is 54.1 Å². The molecule has 14 heteroatoms. The largest absolute Gasteiger partial charge is 0.496 e. The number of methoxy groups -OCH3 is 1. The molecular weight excluding hydrogens is 701 g/mol. The monoisotopic (exact) mass is 733 g/mol. The number of amides is 3. The van der Waals surface area contributed by atoms with E-state index < -0.39 is 65.6 Å². The van der Waals surface area contributed by atoms with E-state index >= 15 is 4.39 Å². The van der Waals surface area contributed by atoms with Crippen molar-refractivity contribution >= 4 is 35.5 Å². The van der Waals surface area contributed by atoms with Crippen LogP contribution in [0.3, 0.4) is 0 Å². The van der Waals surface area contributed by atoms with Crippen molar-refractivity contribution in [2.24, 2.45) is 17.8 Å². The number of nitrogens with one attached hydrogen (secondary N) is 3. The Labute approximate surface area is 299 Å². The molecule has 0 aromatic heterocycles. The van der Waals surface area contributed by atoms with Crippen molar-refractivity contribution in [1.29, 1.82) is 0 Å². The number of anilines is 1. The highest BCUT2D eigenvalue weighted by Gasteiger charge is 2.54. The lowest BCUT2D eigenvalue weighted by Crippen LogP contribution is -2.48. The van der Waals surface area contributed by atoms with Gasteiger partial charge in [-0.05, 0) is 72.4 Å². The molecule has 2 unspecified atom stereocenters. The summed E-state index contributed by atoms with van der Waals surface area (Å²) in [5.41, 5.74) is 0.122. The maximum atomic E-state index is 15.3. The van der Waals surface area contributed by atoms with E-state index in [4.69, 9.17) is 9.84 Å². The van der Waals surface area contributed by atoms with Gasteiger partial charge in [0.1, 0.15) is 23.9 Å². The molecule has 274 valence electrons. The lowest BCUT2D eigenvalue weighted by molar-refractivity contribution is -0.140. The quantitative estimate of drug-likeness (QED) is 0.131. The van der Waals surface area contributed by atoms with Crippen molar-refractivity contribution in [2.45, 2.75) is 25.1 Å². The van der Waals surface area contributed by atoms with Crippen LogP contribution in [0, 0.1) is 29.4 Å². The molecule has 2 bridgehead atoms. The van der Waals surface area contributed by atoms with Crippen molar-refractivity contribution in [2.75, 3.05) is 19.0 Å². The Morgan fingerprint density at radius 1 is 0.868 bits per heavy atom. The lowest BCUT2D eigenvalue weighted by atomic mass is 9.83. The Balaban J connectivity index is 1.31. The van der Waals surface area contributed by atoms with Crippen LogP contribution in [0.1, 0.15) is 44.7 Å². The first-order chi connectivity index (χ1) is 25.2. The number of halogens is 5. The summed E-state index contributed by atoms with van der Waals surface area (Å²) in [7, 11) is 1.34. The molecule has 0 heterocycles. The fourth-order valence-electron chi connectivity index (χ4n) is 7.21. The first-order valence-corrected chi connectivity index (χ1v) is 16.5. The van der Waals surface area contributed by atoms with Crippen molar-refractivity contribution in [3.05, 3.63) is 124 Å². The molecule has 6 rings (SSSR count). The second-order valence-electron chi connectivity index (χ2n) is 12.7. The van der Waals surface area contributed by atoms with Crippen LogP contribution in [0.5, 0.6) is 5.75 Å². The second-order valence-corrected chi connectivity index (χ2v) is 12.7. The van der Waals surface area contributed by atoms with E-state index in [1.807, 2.05) is 36.4 Å². The standard InChI is InChI=1S/C39H32F5N3O6/c1-53-32-14-8-21(24-10-7-22(17-31(24)41)36(50)45-19-33(48)49)16-28(32)37(51)47-35-26-12-11-25(27(26)15-20-5-3-2-4-6-20)34(35)38(52)46-23-9-13-30(40)29(18-23)39(42,43)44/h2-10,13-18,25-26,34-35H,11-12,19H2,1H3,(H,45,50)(H,46,52)(H,47,51)(H,48,49)/b27-15-/t25?,26?,34-,35+/m0/s1. The Bertz CT molecular complexity index is 2120. The van der Waals surface area contributed by atoms with Gasteiger partial charge in [0.05, 0.1) is 24.2 Å². The first-order valence-electron chi connectivity index (χ1n) is 16.5. The highest BCUT2D eigenvalue weighted by molar-refractivity contribution is 6.00. The number of carbonyl (C=O) groups is 4. The highest BCUT2D eigenvalue weighted by Crippen LogP contribution is 2.53. The van der Waals surface area contributed by atoms with Crippen LogP contribution in [0.15, 0.2) is 90.5 Å². The van der Waals surface area contributed by atoms with Gasteiger partial charge in [-0.3, -0.25) is 19.2 Å². The van der Waals surface area contributed by atoms with Gasteiger partial charge in [0.2, 0.25) is 5.91 Å². The van der Waals surface area contributed by atoms with E-state index in [1.165, 1.54) is 37.4 Å². The molecule has 0 radical (unpaired) electrons. The predicted molar refractivity (Wildman–Crippen MR) is 184 cm³/mol. The fraction of sp³-hybridized carbons (Fsp3) is 0.231. The van der Waals surface area contributed by atoms with E-state index in [0.717, 1.165) is 23.3 Å². The van der Waals surface area contributed by atoms with E-state index in [1.54, 1.807) is 0 Å². The Morgan fingerprint density at radius 3 is 2.28 bits per heavy atom. The zero-order valence-corrected chi connectivity index (χ0v) is 28.0. The number of alkyl halides is 3. The van der Waals surface area contributed by atoms with Gasteiger partial charge in [0, 0.05) is 28.8 Å². The third kappa shape index (κ3) is 7.76. The van der Waals surface area contributed by atoms with E-state index in [-0.39, 0.29) is 45.5 Å². The van der Waals surface area contributed by atoms with Gasteiger partial charge < -0.3 is 25.8 Å². The molecule has 4 aromatic carbocycles. The maximum absolute atomic E-state index is 15.3. The molecule has 3 amide bonds. The van der Waals surface area contributed by atoms with Crippen molar-refractivity contribution in [1.82, 2.24) is 10.6 Å². The van der Waals surface area contributed by atoms with E-state index in [9.17, 15) is 36.7 Å². The van der Waals surface area contributed by atoms with Crippen LogP contribution in [-0.2, 0) is 15.8 Å². The van der Waals surface area contributed by atoms with Gasteiger partial charge in [-0.25, -0.2) is 8.78 Å². The van der Waals surface area contributed by atoms with Gasteiger partial charge in [-0.15, -0.1) is 0 Å². The molecule has 0 aliphatic heterocycles. The maximum Gasteiger partial charge on any atom is 0.419 e. The molecule has 4 N–H and O–H groups in total. The normalized spacial score (nSPS) is 19.8. The molecule has 4 aromatic rings. The third-order valence-corrected chi connectivity index (χ3v) is 9.56. The number of ether oxygens (including phenoxy) is 1. The predicted octanol–water partition coefficient (Wildman–Crippen LogP) is 6.95. The zero-order chi connectivity index (χ0) is 38.0. The van der Waals surface area contributed by atoms with Crippen LogP contribution in [-0.4, -0.2) is 48.5 Å². The van der Waals surface area contributed by atoms with Crippen LogP contribution >= 0.6 is 0 Å². The molecule has 2 aliphatic rings. The molecule has 9 nitrogen and oxygen atoms in total. The SMILES string of the molecule is COc1ccc(-c2ccc(C(=O)NCC(=O)O)cc2F)cc1C(=O)N[C@@H]1C2CCC(/C2=C/c2ccccc2)[C@@H]1C(=O)Nc1ccc(F)c(C(F)(F)F)c1. The lowest BCUT2D eigenvalue weighted by Gasteiger charge is -2.30. The molecule has 0 spiro atoms. The molecule has 0 saturated heterocycles. The molecule has 2 aliphatic carbocycles. The highest BCUT2D eigenvalue weighted by atomic mass is 19.4. The number of carbonyl (C=O) groups excluding carboxylic acids is 3. The van der Waals surface area contributed by atoms with Gasteiger partial charge in [-0.2, -0.15) is 13.2 Å². The van der Waals surface area contributed by atoms with Crippen LogP contribution < -0.4 is 20.7 Å². The van der Waals surface area contributed by atoms with Crippen molar-refractivity contribution < 1.29 is 51.0 Å². The van der Waals surface area contributed by atoms with Crippen molar-refractivity contribution in [3.63, 3.8) is 0 Å². The second kappa shape index (κ2) is 14.9. The first kappa shape index (κ1) is 36.7. The zero-order valence-electron chi connectivity index (χ0n) is 28.0. The topological polar surface area (TPSA) is 134 Å². The third-order valence-electron chi connectivity index (χ3n) is 9.56. The number of aliphatic carboxylic acids is 1. The van der Waals surface area contributed by atoms with E-state index in [0.29, 0.717) is 25.0 Å². The number of carboxylic acid groups (broad SMARTS) is 1. The minimum Gasteiger partial charge on any atom is -0.496 e. The fourth-order valence-corrected chi connectivity index (χ4v) is 7.21.